The van der Waals surface area contributed by atoms with E-state index in [1.54, 1.807) is 36.9 Å². The van der Waals surface area contributed by atoms with Crippen molar-refractivity contribution >= 4 is 27.9 Å². The Labute approximate surface area is 145 Å². The van der Waals surface area contributed by atoms with Crippen molar-refractivity contribution in [2.24, 2.45) is 0 Å². The van der Waals surface area contributed by atoms with Crippen LogP contribution in [-0.4, -0.2) is 34.9 Å². The van der Waals surface area contributed by atoms with Crippen LogP contribution in [0.3, 0.4) is 0 Å². The molecule has 4 heterocycles. The minimum absolute atomic E-state index is 0.0844. The van der Waals surface area contributed by atoms with Gasteiger partial charge in [-0.3, -0.25) is 10.1 Å². The van der Waals surface area contributed by atoms with Crippen LogP contribution >= 0.6 is 0 Å². The summed E-state index contributed by atoms with van der Waals surface area (Å²) in [7, 11) is 0. The molecule has 0 saturated carbocycles. The van der Waals surface area contributed by atoms with Crippen molar-refractivity contribution in [1.29, 1.82) is 0 Å². The van der Waals surface area contributed by atoms with Crippen LogP contribution in [-0.2, 0) is 0 Å². The zero-order valence-electron chi connectivity index (χ0n) is 13.3. The second-order valence-corrected chi connectivity index (χ2v) is 5.73. The predicted octanol–water partition coefficient (Wildman–Crippen LogP) is 2.48. The number of nitrogens with two attached hydrogens (primary N) is 1. The van der Waals surface area contributed by atoms with E-state index >= 15 is 0 Å². The molecule has 0 bridgehead atoms. The van der Waals surface area contributed by atoms with Crippen molar-refractivity contribution in [3.8, 4) is 16.9 Å². The molecular formula is C17H11FN8. The van der Waals surface area contributed by atoms with Crippen molar-refractivity contribution in [1.82, 2.24) is 34.9 Å². The minimum Gasteiger partial charge on any atom is -0.368 e. The molecule has 0 spiro atoms. The molecule has 0 aliphatic carbocycles. The number of rotatable bonds is 2. The minimum atomic E-state index is -0.457. The summed E-state index contributed by atoms with van der Waals surface area (Å²) in [5, 5.41) is 12.7. The lowest BCUT2D eigenvalue weighted by Crippen LogP contribution is -2.03. The van der Waals surface area contributed by atoms with Crippen LogP contribution in [0.2, 0.25) is 0 Å². The molecule has 0 fully saturated rings. The number of nitrogens with zero attached hydrogens (tertiary/aromatic N) is 6. The van der Waals surface area contributed by atoms with Gasteiger partial charge in [0.15, 0.2) is 11.5 Å². The summed E-state index contributed by atoms with van der Waals surface area (Å²) >= 11 is 0. The number of fused-ring (bicyclic) bond motifs is 2. The number of hydrogen-bond acceptors (Lipinski definition) is 6. The maximum atomic E-state index is 14.7. The van der Waals surface area contributed by atoms with E-state index in [-0.39, 0.29) is 11.6 Å². The first kappa shape index (κ1) is 14.5. The molecule has 26 heavy (non-hydrogen) atoms. The third-order valence-corrected chi connectivity index (χ3v) is 4.11. The zero-order chi connectivity index (χ0) is 17.7. The van der Waals surface area contributed by atoms with Crippen LogP contribution in [0.15, 0.2) is 49.1 Å². The van der Waals surface area contributed by atoms with Gasteiger partial charge in [-0.05, 0) is 18.2 Å². The van der Waals surface area contributed by atoms with Crippen molar-refractivity contribution in [2.75, 3.05) is 5.73 Å². The topological polar surface area (TPSA) is 111 Å². The summed E-state index contributed by atoms with van der Waals surface area (Å²) in [6, 6.07) is 6.70. The number of nitrogen functional groups attached to an aromatic ring is 1. The van der Waals surface area contributed by atoms with Crippen LogP contribution in [0.1, 0.15) is 0 Å². The average Bonchev–Trinajstić information content (AvgIpc) is 3.25. The van der Waals surface area contributed by atoms with Crippen molar-refractivity contribution < 1.29 is 4.39 Å². The van der Waals surface area contributed by atoms with E-state index in [0.717, 1.165) is 10.9 Å². The number of anilines is 1. The van der Waals surface area contributed by atoms with E-state index in [4.69, 9.17) is 5.73 Å². The molecule has 0 saturated heterocycles. The standard InChI is InChI=1S/C17H11FN8/c18-12-5-13-10(7-22-24-13)4-14(12)26-16-11(8-21-17(19)23-16)15(25-26)9-2-1-3-20-6-9/h1-8H,(H,22,24)(H2,19,21,23). The first-order valence-electron chi connectivity index (χ1n) is 7.75. The maximum absolute atomic E-state index is 14.7. The molecule has 4 aromatic heterocycles. The second-order valence-electron chi connectivity index (χ2n) is 5.73. The molecule has 0 unspecified atom stereocenters. The number of hydrogen-bond donors (Lipinski definition) is 2. The van der Waals surface area contributed by atoms with Gasteiger partial charge in [-0.2, -0.15) is 15.2 Å². The summed E-state index contributed by atoms with van der Waals surface area (Å²) in [6.07, 6.45) is 6.55. The van der Waals surface area contributed by atoms with Gasteiger partial charge in [0, 0.05) is 35.6 Å². The predicted molar refractivity (Wildman–Crippen MR) is 93.9 cm³/mol. The fraction of sp³-hybridized carbons (Fsp3) is 0. The van der Waals surface area contributed by atoms with Gasteiger partial charge in [-0.25, -0.2) is 14.1 Å². The average molecular weight is 346 g/mol. The molecule has 0 atom stereocenters. The summed E-state index contributed by atoms with van der Waals surface area (Å²) in [5.74, 6) is -0.373. The molecule has 5 rings (SSSR count). The van der Waals surface area contributed by atoms with E-state index in [1.165, 1.54) is 10.7 Å². The lowest BCUT2D eigenvalue weighted by molar-refractivity contribution is 0.614. The van der Waals surface area contributed by atoms with Gasteiger partial charge in [0.25, 0.3) is 0 Å². The highest BCUT2D eigenvalue weighted by Gasteiger charge is 2.19. The number of H-pyrrole nitrogens is 1. The first-order chi connectivity index (χ1) is 12.7. The Morgan fingerprint density at radius 1 is 1.15 bits per heavy atom. The lowest BCUT2D eigenvalue weighted by Gasteiger charge is -2.05. The van der Waals surface area contributed by atoms with Crippen LogP contribution in [0.25, 0.3) is 38.9 Å². The number of benzene rings is 1. The van der Waals surface area contributed by atoms with Crippen LogP contribution < -0.4 is 5.73 Å². The molecule has 0 amide bonds. The Bertz CT molecular complexity index is 1260. The first-order valence-corrected chi connectivity index (χ1v) is 7.75. The summed E-state index contributed by atoms with van der Waals surface area (Å²) in [6.45, 7) is 0. The van der Waals surface area contributed by atoms with E-state index in [9.17, 15) is 4.39 Å². The third-order valence-electron chi connectivity index (χ3n) is 4.11. The van der Waals surface area contributed by atoms with E-state index in [1.807, 2.05) is 6.07 Å². The molecule has 0 radical (unpaired) electrons. The smallest absolute Gasteiger partial charge is 0.222 e. The number of aromatic nitrogens is 7. The Morgan fingerprint density at radius 3 is 2.92 bits per heavy atom. The van der Waals surface area contributed by atoms with Gasteiger partial charge in [-0.15, -0.1) is 0 Å². The Kier molecular flexibility index (Phi) is 2.95. The molecule has 126 valence electrons. The molecule has 9 heteroatoms. The van der Waals surface area contributed by atoms with E-state index in [0.29, 0.717) is 22.2 Å². The van der Waals surface area contributed by atoms with Gasteiger partial charge < -0.3 is 5.73 Å². The third kappa shape index (κ3) is 2.10. The van der Waals surface area contributed by atoms with E-state index < -0.39 is 5.82 Å². The van der Waals surface area contributed by atoms with E-state index in [2.05, 4.69) is 30.2 Å². The molecular weight excluding hydrogens is 335 g/mol. The lowest BCUT2D eigenvalue weighted by atomic mass is 10.2. The fourth-order valence-electron chi connectivity index (χ4n) is 2.92. The molecule has 0 aliphatic heterocycles. The molecule has 0 aliphatic rings. The number of nitrogens with one attached hydrogen (secondary N) is 1. The highest BCUT2D eigenvalue weighted by Crippen LogP contribution is 2.30. The monoisotopic (exact) mass is 346 g/mol. The van der Waals surface area contributed by atoms with Gasteiger partial charge >= 0.3 is 0 Å². The van der Waals surface area contributed by atoms with Crippen LogP contribution in [0, 0.1) is 5.82 Å². The summed E-state index contributed by atoms with van der Waals surface area (Å²) in [5.41, 5.74) is 8.38. The molecule has 5 aromatic rings. The number of halogens is 1. The number of aromatic amines is 1. The van der Waals surface area contributed by atoms with Crippen LogP contribution in [0.5, 0.6) is 0 Å². The maximum Gasteiger partial charge on any atom is 0.222 e. The second kappa shape index (κ2) is 5.31. The van der Waals surface area contributed by atoms with Gasteiger partial charge in [0.05, 0.1) is 17.1 Å². The molecule has 1 aromatic carbocycles. The highest BCUT2D eigenvalue weighted by molar-refractivity contribution is 5.92. The quantitative estimate of drug-likeness (QED) is 0.508. The Morgan fingerprint density at radius 2 is 2.08 bits per heavy atom. The van der Waals surface area contributed by atoms with Gasteiger partial charge in [0.1, 0.15) is 11.4 Å². The Balaban J connectivity index is 1.84. The largest absolute Gasteiger partial charge is 0.368 e. The SMILES string of the molecule is Nc1ncc2c(-c3cccnc3)nn(-c3cc4cn[nH]c4cc3F)c2n1. The molecule has 8 nitrogen and oxygen atoms in total. The van der Waals surface area contributed by atoms with Gasteiger partial charge in [0.2, 0.25) is 5.95 Å². The normalized spacial score (nSPS) is 11.4. The van der Waals surface area contributed by atoms with Crippen molar-refractivity contribution in [2.45, 2.75) is 0 Å². The molecule has 3 N–H and O–H groups in total. The van der Waals surface area contributed by atoms with Crippen LogP contribution in [0.4, 0.5) is 10.3 Å². The zero-order valence-corrected chi connectivity index (χ0v) is 13.3. The van der Waals surface area contributed by atoms with Gasteiger partial charge in [-0.1, -0.05) is 0 Å². The van der Waals surface area contributed by atoms with Crippen molar-refractivity contribution in [3.05, 3.63) is 54.9 Å². The Hall–Kier alpha value is -3.88. The fourth-order valence-corrected chi connectivity index (χ4v) is 2.92. The summed E-state index contributed by atoms with van der Waals surface area (Å²) < 4.78 is 16.2. The van der Waals surface area contributed by atoms with Crippen molar-refractivity contribution in [3.63, 3.8) is 0 Å². The summed E-state index contributed by atoms with van der Waals surface area (Å²) in [4.78, 5) is 12.4. The number of pyridine rings is 1. The highest BCUT2D eigenvalue weighted by atomic mass is 19.1.